The Bertz CT molecular complexity index is 683. The number of benzene rings is 1. The summed E-state index contributed by atoms with van der Waals surface area (Å²) in [5.41, 5.74) is 0. The van der Waals surface area contributed by atoms with Crippen LogP contribution >= 0.6 is 11.3 Å². The Hall–Kier alpha value is -2.41. The summed E-state index contributed by atoms with van der Waals surface area (Å²) in [5, 5.41) is 5.29. The molecule has 7 heteroatoms. The highest BCUT2D eigenvalue weighted by Crippen LogP contribution is 2.21. The van der Waals surface area contributed by atoms with Crippen LogP contribution in [0.3, 0.4) is 0 Å². The topological polar surface area (TPSA) is 71.5 Å². The molecule has 25 heavy (non-hydrogen) atoms. The van der Waals surface area contributed by atoms with Crippen molar-refractivity contribution in [2.24, 2.45) is 5.92 Å². The molecule has 0 unspecified atom stereocenters. The van der Waals surface area contributed by atoms with Gasteiger partial charge in [0.15, 0.2) is 5.13 Å². The molecular formula is C18H21N3O3S. The number of likely N-dealkylation sites (tertiary alicyclic amines) is 1. The number of carbonyl (C=O) groups is 2. The third-order valence-electron chi connectivity index (χ3n) is 4.21. The second-order valence-corrected chi connectivity index (χ2v) is 6.79. The fourth-order valence-corrected chi connectivity index (χ4v) is 3.35. The van der Waals surface area contributed by atoms with E-state index in [1.165, 1.54) is 11.3 Å². The van der Waals surface area contributed by atoms with E-state index < -0.39 is 0 Å². The second kappa shape index (κ2) is 8.62. The van der Waals surface area contributed by atoms with Crippen LogP contribution < -0.4 is 10.1 Å². The third kappa shape index (κ3) is 5.03. The van der Waals surface area contributed by atoms with Gasteiger partial charge in [-0.1, -0.05) is 18.2 Å². The maximum absolute atomic E-state index is 12.3. The molecule has 132 valence electrons. The number of carbonyl (C=O) groups excluding carboxylic acids is 2. The summed E-state index contributed by atoms with van der Waals surface area (Å²) in [6.07, 6.45) is 3.38. The molecule has 1 aromatic carbocycles. The fourth-order valence-electron chi connectivity index (χ4n) is 2.81. The number of nitrogens with zero attached hydrogens (tertiary/aromatic N) is 2. The largest absolute Gasteiger partial charge is 0.493 e. The first-order valence-corrected chi connectivity index (χ1v) is 9.26. The summed E-state index contributed by atoms with van der Waals surface area (Å²) in [6.45, 7) is 1.59. The minimum absolute atomic E-state index is 0.00513. The second-order valence-electron chi connectivity index (χ2n) is 5.89. The number of nitrogens with one attached hydrogen (secondary N) is 1. The van der Waals surface area contributed by atoms with Crippen LogP contribution in [-0.2, 0) is 9.59 Å². The molecule has 1 N–H and O–H groups in total. The lowest BCUT2D eigenvalue weighted by molar-refractivity contribution is -0.135. The molecule has 3 rings (SSSR count). The molecule has 1 aromatic heterocycles. The van der Waals surface area contributed by atoms with Crippen LogP contribution in [0.4, 0.5) is 5.13 Å². The van der Waals surface area contributed by atoms with Crippen molar-refractivity contribution >= 4 is 28.3 Å². The lowest BCUT2D eigenvalue weighted by atomic mass is 9.96. The highest BCUT2D eigenvalue weighted by molar-refractivity contribution is 7.13. The van der Waals surface area contributed by atoms with Gasteiger partial charge in [0, 0.05) is 30.6 Å². The molecule has 0 aliphatic carbocycles. The normalized spacial score (nSPS) is 15.0. The first-order valence-electron chi connectivity index (χ1n) is 8.38. The van der Waals surface area contributed by atoms with E-state index in [0.717, 1.165) is 5.75 Å². The van der Waals surface area contributed by atoms with Crippen molar-refractivity contribution in [3.05, 3.63) is 41.9 Å². The molecule has 0 spiro atoms. The summed E-state index contributed by atoms with van der Waals surface area (Å²) in [6, 6.07) is 9.47. The number of hydrogen-bond acceptors (Lipinski definition) is 5. The molecule has 0 saturated carbocycles. The molecule has 2 amide bonds. The van der Waals surface area contributed by atoms with Crippen molar-refractivity contribution in [1.82, 2.24) is 9.88 Å². The van der Waals surface area contributed by atoms with Crippen LogP contribution in [0, 0.1) is 5.92 Å². The zero-order valence-electron chi connectivity index (χ0n) is 13.9. The number of piperidine rings is 1. The van der Waals surface area contributed by atoms with E-state index in [2.05, 4.69) is 10.3 Å². The maximum Gasteiger partial charge on any atom is 0.229 e. The maximum atomic E-state index is 12.3. The number of ether oxygens (including phenoxy) is 1. The van der Waals surface area contributed by atoms with E-state index in [-0.39, 0.29) is 17.7 Å². The van der Waals surface area contributed by atoms with Gasteiger partial charge in [-0.3, -0.25) is 9.59 Å². The molecule has 1 aliphatic heterocycles. The molecule has 6 nitrogen and oxygen atoms in total. The van der Waals surface area contributed by atoms with Gasteiger partial charge in [-0.15, -0.1) is 11.3 Å². The van der Waals surface area contributed by atoms with Crippen molar-refractivity contribution in [2.45, 2.75) is 19.3 Å². The van der Waals surface area contributed by atoms with Crippen LogP contribution in [0.5, 0.6) is 5.75 Å². The van der Waals surface area contributed by atoms with Crippen LogP contribution in [0.25, 0.3) is 0 Å². The van der Waals surface area contributed by atoms with Gasteiger partial charge in [0.05, 0.1) is 13.0 Å². The highest BCUT2D eigenvalue weighted by Gasteiger charge is 2.27. The van der Waals surface area contributed by atoms with Crippen LogP contribution in [0.1, 0.15) is 19.3 Å². The SMILES string of the molecule is O=C(Nc1nccs1)C1CCN(C(=O)CCOc2ccccc2)CC1. The van der Waals surface area contributed by atoms with Crippen LogP contribution in [0.15, 0.2) is 41.9 Å². The van der Waals surface area contributed by atoms with Gasteiger partial charge in [0.2, 0.25) is 11.8 Å². The zero-order chi connectivity index (χ0) is 17.5. The lowest BCUT2D eigenvalue weighted by Gasteiger charge is -2.31. The Labute approximate surface area is 150 Å². The smallest absolute Gasteiger partial charge is 0.229 e. The van der Waals surface area contributed by atoms with E-state index in [1.54, 1.807) is 6.20 Å². The minimum atomic E-state index is -0.0616. The Balaban J connectivity index is 1.38. The van der Waals surface area contributed by atoms with Gasteiger partial charge >= 0.3 is 0 Å². The average Bonchev–Trinajstić information content (AvgIpc) is 3.15. The highest BCUT2D eigenvalue weighted by atomic mass is 32.1. The summed E-state index contributed by atoms with van der Waals surface area (Å²) in [5.74, 6) is 0.783. The quantitative estimate of drug-likeness (QED) is 0.861. The molecule has 1 fully saturated rings. The van der Waals surface area contributed by atoms with Crippen molar-refractivity contribution in [3.63, 3.8) is 0 Å². The Morgan fingerprint density at radius 1 is 1.24 bits per heavy atom. The lowest BCUT2D eigenvalue weighted by Crippen LogP contribution is -2.41. The molecule has 1 saturated heterocycles. The number of hydrogen-bond donors (Lipinski definition) is 1. The number of amides is 2. The van der Waals surface area contributed by atoms with E-state index >= 15 is 0 Å². The predicted molar refractivity (Wildman–Crippen MR) is 96.6 cm³/mol. The van der Waals surface area contributed by atoms with Crippen LogP contribution in [-0.4, -0.2) is 41.4 Å². The Morgan fingerprint density at radius 3 is 2.68 bits per heavy atom. The standard InChI is InChI=1S/C18H21N3O3S/c22-16(8-12-24-15-4-2-1-3-5-15)21-10-6-14(7-11-21)17(23)20-18-19-9-13-25-18/h1-5,9,13-14H,6-8,10-12H2,(H,19,20,23). The monoisotopic (exact) mass is 359 g/mol. The van der Waals surface area contributed by atoms with Crippen molar-refractivity contribution in [3.8, 4) is 5.75 Å². The molecule has 2 aromatic rings. The van der Waals surface area contributed by atoms with Gasteiger partial charge < -0.3 is 15.0 Å². The van der Waals surface area contributed by atoms with Crippen molar-refractivity contribution in [2.75, 3.05) is 25.0 Å². The van der Waals surface area contributed by atoms with Crippen LogP contribution in [0.2, 0.25) is 0 Å². The van der Waals surface area contributed by atoms with Gasteiger partial charge in [-0.25, -0.2) is 4.98 Å². The molecule has 0 bridgehead atoms. The van der Waals surface area contributed by atoms with Crippen molar-refractivity contribution in [1.29, 1.82) is 0 Å². The van der Waals surface area contributed by atoms with E-state index in [0.29, 0.717) is 44.1 Å². The van der Waals surface area contributed by atoms with E-state index in [1.807, 2.05) is 40.6 Å². The fraction of sp³-hybridized carbons (Fsp3) is 0.389. The molecule has 0 atom stereocenters. The summed E-state index contributed by atoms with van der Waals surface area (Å²) < 4.78 is 5.57. The van der Waals surface area contributed by atoms with E-state index in [9.17, 15) is 9.59 Å². The third-order valence-corrected chi connectivity index (χ3v) is 4.90. The first-order chi connectivity index (χ1) is 12.2. The van der Waals surface area contributed by atoms with Crippen molar-refractivity contribution < 1.29 is 14.3 Å². The predicted octanol–water partition coefficient (Wildman–Crippen LogP) is 2.79. The summed E-state index contributed by atoms with van der Waals surface area (Å²) in [4.78, 5) is 30.3. The van der Waals surface area contributed by atoms with E-state index in [4.69, 9.17) is 4.74 Å². The molecule has 0 radical (unpaired) electrons. The van der Waals surface area contributed by atoms with Gasteiger partial charge in [-0.05, 0) is 25.0 Å². The molecule has 2 heterocycles. The summed E-state index contributed by atoms with van der Waals surface area (Å²) >= 11 is 1.41. The van der Waals surface area contributed by atoms with Gasteiger partial charge in [-0.2, -0.15) is 0 Å². The first kappa shape index (κ1) is 17.4. The number of thiazole rings is 1. The summed E-state index contributed by atoms with van der Waals surface area (Å²) in [7, 11) is 0. The number of aromatic nitrogens is 1. The molecular weight excluding hydrogens is 338 g/mol. The number of anilines is 1. The van der Waals surface area contributed by atoms with Gasteiger partial charge in [0.25, 0.3) is 0 Å². The minimum Gasteiger partial charge on any atom is -0.493 e. The van der Waals surface area contributed by atoms with Gasteiger partial charge in [0.1, 0.15) is 5.75 Å². The Morgan fingerprint density at radius 2 is 2.00 bits per heavy atom. The number of rotatable bonds is 6. The zero-order valence-corrected chi connectivity index (χ0v) is 14.7. The Kier molecular flexibility index (Phi) is 6.00. The average molecular weight is 359 g/mol. The molecule has 1 aliphatic rings. The number of para-hydroxylation sites is 1.